The molecule has 2 aromatic rings. The predicted molar refractivity (Wildman–Crippen MR) is 90.7 cm³/mol. The first-order valence-corrected chi connectivity index (χ1v) is 8.68. The zero-order valence-corrected chi connectivity index (χ0v) is 14.1. The van der Waals surface area contributed by atoms with Crippen LogP contribution in [0.3, 0.4) is 0 Å². The van der Waals surface area contributed by atoms with E-state index in [0.717, 1.165) is 31.5 Å². The first-order valence-electron chi connectivity index (χ1n) is 8.68. The van der Waals surface area contributed by atoms with E-state index < -0.39 is 0 Å². The van der Waals surface area contributed by atoms with Gasteiger partial charge in [-0.15, -0.1) is 0 Å². The van der Waals surface area contributed by atoms with Gasteiger partial charge in [-0.2, -0.15) is 5.10 Å². The number of likely N-dealkylation sites (tertiary alicyclic amines) is 1. The van der Waals surface area contributed by atoms with Crippen LogP contribution in [0.4, 0.5) is 0 Å². The average molecular weight is 343 g/mol. The summed E-state index contributed by atoms with van der Waals surface area (Å²) in [4.78, 5) is 40.3. The van der Waals surface area contributed by atoms with Crippen molar-refractivity contribution in [3.05, 3.63) is 50.6 Å². The summed E-state index contributed by atoms with van der Waals surface area (Å²) in [5, 5.41) is 4.46. The van der Waals surface area contributed by atoms with E-state index >= 15 is 0 Å². The zero-order valence-electron chi connectivity index (χ0n) is 14.1. The van der Waals surface area contributed by atoms with E-state index in [1.54, 1.807) is 18.0 Å². The molecule has 2 aliphatic rings. The summed E-state index contributed by atoms with van der Waals surface area (Å²) in [6.45, 7) is 1.25. The SMILES string of the molecule is Cn1nc(C2CCN(C(=O)c3ccc(=O)[nH]c3)CC2)n(C2CC2)c1=O. The predicted octanol–water partition coefficient (Wildman–Crippen LogP) is 0.625. The Morgan fingerprint density at radius 1 is 1.16 bits per heavy atom. The maximum absolute atomic E-state index is 12.5. The lowest BCUT2D eigenvalue weighted by Crippen LogP contribution is -2.38. The first kappa shape index (κ1) is 15.9. The molecule has 8 heteroatoms. The summed E-state index contributed by atoms with van der Waals surface area (Å²) in [6, 6.07) is 3.22. The molecule has 4 rings (SSSR count). The first-order chi connectivity index (χ1) is 12.0. The van der Waals surface area contributed by atoms with Gasteiger partial charge in [-0.1, -0.05) is 0 Å². The van der Waals surface area contributed by atoms with E-state index in [0.29, 0.717) is 24.7 Å². The van der Waals surface area contributed by atoms with E-state index in [4.69, 9.17) is 0 Å². The van der Waals surface area contributed by atoms with Gasteiger partial charge in [0.1, 0.15) is 5.82 Å². The lowest BCUT2D eigenvalue weighted by molar-refractivity contribution is 0.0709. The van der Waals surface area contributed by atoms with E-state index in [2.05, 4.69) is 10.1 Å². The molecule has 1 amide bonds. The van der Waals surface area contributed by atoms with Crippen molar-refractivity contribution in [2.45, 2.75) is 37.6 Å². The van der Waals surface area contributed by atoms with Gasteiger partial charge in [0.25, 0.3) is 5.91 Å². The number of hydrogen-bond acceptors (Lipinski definition) is 4. The van der Waals surface area contributed by atoms with Gasteiger partial charge in [0, 0.05) is 44.4 Å². The van der Waals surface area contributed by atoms with Crippen LogP contribution in [0, 0.1) is 0 Å². The van der Waals surface area contributed by atoms with Gasteiger partial charge in [0.15, 0.2) is 0 Å². The van der Waals surface area contributed by atoms with Crippen LogP contribution >= 0.6 is 0 Å². The molecule has 1 saturated carbocycles. The normalized spacial score (nSPS) is 18.5. The van der Waals surface area contributed by atoms with Crippen molar-refractivity contribution in [2.75, 3.05) is 13.1 Å². The van der Waals surface area contributed by atoms with Crippen molar-refractivity contribution in [1.82, 2.24) is 24.2 Å². The highest BCUT2D eigenvalue weighted by molar-refractivity contribution is 5.93. The van der Waals surface area contributed by atoms with E-state index in [-0.39, 0.29) is 23.1 Å². The number of nitrogens with zero attached hydrogens (tertiary/aromatic N) is 4. The minimum Gasteiger partial charge on any atom is -0.339 e. The molecule has 2 aromatic heterocycles. The number of hydrogen-bond donors (Lipinski definition) is 1. The Hall–Kier alpha value is -2.64. The zero-order chi connectivity index (χ0) is 17.6. The fourth-order valence-corrected chi connectivity index (χ4v) is 3.52. The van der Waals surface area contributed by atoms with Gasteiger partial charge in [-0.25, -0.2) is 9.48 Å². The second-order valence-electron chi connectivity index (χ2n) is 6.87. The summed E-state index contributed by atoms with van der Waals surface area (Å²) in [5.74, 6) is 0.996. The van der Waals surface area contributed by atoms with Crippen LogP contribution < -0.4 is 11.2 Å². The molecule has 132 valence electrons. The highest BCUT2D eigenvalue weighted by Crippen LogP contribution is 2.37. The number of carbonyl (C=O) groups excluding carboxylic acids is 1. The molecule has 0 spiro atoms. The Morgan fingerprint density at radius 2 is 1.88 bits per heavy atom. The second-order valence-corrected chi connectivity index (χ2v) is 6.87. The molecule has 0 bridgehead atoms. The lowest BCUT2D eigenvalue weighted by atomic mass is 9.95. The number of H-pyrrole nitrogens is 1. The quantitative estimate of drug-likeness (QED) is 0.884. The Balaban J connectivity index is 1.48. The number of amides is 1. The van der Waals surface area contributed by atoms with Crippen LogP contribution in [0.25, 0.3) is 0 Å². The highest BCUT2D eigenvalue weighted by atomic mass is 16.2. The third-order valence-corrected chi connectivity index (χ3v) is 5.07. The lowest BCUT2D eigenvalue weighted by Gasteiger charge is -2.31. The van der Waals surface area contributed by atoms with Crippen molar-refractivity contribution >= 4 is 5.91 Å². The standard InChI is InChI=1S/C17H21N5O3/c1-20-17(25)22(13-3-4-13)15(19-20)11-6-8-21(9-7-11)16(24)12-2-5-14(23)18-10-12/h2,5,10-11,13H,3-4,6-9H2,1H3,(H,18,23). The van der Waals surface area contributed by atoms with Gasteiger partial charge in [0.2, 0.25) is 5.56 Å². The fourth-order valence-electron chi connectivity index (χ4n) is 3.52. The number of pyridine rings is 1. The Bertz CT molecular complexity index is 893. The number of nitrogens with one attached hydrogen (secondary N) is 1. The molecule has 1 aliphatic carbocycles. The van der Waals surface area contributed by atoms with Gasteiger partial charge >= 0.3 is 5.69 Å². The fraction of sp³-hybridized carbons (Fsp3) is 0.529. The molecule has 1 aliphatic heterocycles. The van der Waals surface area contributed by atoms with Crippen LogP contribution in [-0.4, -0.2) is 43.2 Å². The molecule has 1 N–H and O–H groups in total. The third-order valence-electron chi connectivity index (χ3n) is 5.07. The molecule has 0 radical (unpaired) electrons. The van der Waals surface area contributed by atoms with Crippen LogP contribution in [0.15, 0.2) is 27.9 Å². The highest BCUT2D eigenvalue weighted by Gasteiger charge is 2.34. The number of aromatic nitrogens is 4. The largest absolute Gasteiger partial charge is 0.345 e. The summed E-state index contributed by atoms with van der Waals surface area (Å²) in [6.07, 6.45) is 5.13. The molecule has 3 heterocycles. The Kier molecular flexibility index (Phi) is 3.82. The molecule has 0 aromatic carbocycles. The monoisotopic (exact) mass is 343 g/mol. The molecule has 1 saturated heterocycles. The minimum atomic E-state index is -0.219. The van der Waals surface area contributed by atoms with Crippen molar-refractivity contribution in [1.29, 1.82) is 0 Å². The molecule has 25 heavy (non-hydrogen) atoms. The number of piperidine rings is 1. The molecular weight excluding hydrogens is 322 g/mol. The molecule has 8 nitrogen and oxygen atoms in total. The molecule has 0 unspecified atom stereocenters. The van der Waals surface area contributed by atoms with Crippen LogP contribution in [0.2, 0.25) is 0 Å². The van der Waals surface area contributed by atoms with Crippen LogP contribution in [0.1, 0.15) is 53.8 Å². The summed E-state index contributed by atoms with van der Waals surface area (Å²) in [7, 11) is 1.69. The van der Waals surface area contributed by atoms with Crippen molar-refractivity contribution in [3.8, 4) is 0 Å². The van der Waals surface area contributed by atoms with Crippen LogP contribution in [-0.2, 0) is 7.05 Å². The summed E-state index contributed by atoms with van der Waals surface area (Å²) < 4.78 is 3.27. The number of carbonyl (C=O) groups is 1. The third kappa shape index (κ3) is 2.92. The van der Waals surface area contributed by atoms with Crippen molar-refractivity contribution in [3.63, 3.8) is 0 Å². The number of aromatic amines is 1. The summed E-state index contributed by atoms with van der Waals surface area (Å²) in [5.41, 5.74) is 0.235. The molecule has 2 fully saturated rings. The molecular formula is C17H21N5O3. The van der Waals surface area contributed by atoms with E-state index in [1.807, 2.05) is 4.57 Å². The van der Waals surface area contributed by atoms with E-state index in [1.165, 1.54) is 16.9 Å². The Morgan fingerprint density at radius 3 is 2.48 bits per heavy atom. The van der Waals surface area contributed by atoms with Gasteiger partial charge in [-0.3, -0.25) is 14.2 Å². The maximum atomic E-state index is 12.5. The summed E-state index contributed by atoms with van der Waals surface area (Å²) >= 11 is 0. The number of aryl methyl sites for hydroxylation is 1. The van der Waals surface area contributed by atoms with Gasteiger partial charge in [0.05, 0.1) is 5.56 Å². The van der Waals surface area contributed by atoms with Gasteiger partial charge < -0.3 is 9.88 Å². The van der Waals surface area contributed by atoms with Crippen molar-refractivity contribution in [2.24, 2.45) is 7.05 Å². The average Bonchev–Trinajstić information content (AvgIpc) is 3.41. The smallest absolute Gasteiger partial charge is 0.339 e. The minimum absolute atomic E-state index is 0.0377. The Labute approximate surface area is 144 Å². The van der Waals surface area contributed by atoms with Crippen molar-refractivity contribution < 1.29 is 4.79 Å². The molecule has 0 atom stereocenters. The second kappa shape index (κ2) is 6.02. The topological polar surface area (TPSA) is 93.0 Å². The maximum Gasteiger partial charge on any atom is 0.345 e. The van der Waals surface area contributed by atoms with Gasteiger partial charge in [-0.05, 0) is 31.7 Å². The number of rotatable bonds is 3. The van der Waals surface area contributed by atoms with E-state index in [9.17, 15) is 14.4 Å². The van der Waals surface area contributed by atoms with Crippen LogP contribution in [0.5, 0.6) is 0 Å².